The molecular weight excluding hydrogens is 428 g/mol. The Labute approximate surface area is 192 Å². The molecule has 2 atom stereocenters. The summed E-state index contributed by atoms with van der Waals surface area (Å²) >= 11 is 0. The van der Waals surface area contributed by atoms with Crippen molar-refractivity contribution in [3.05, 3.63) is 59.7 Å². The van der Waals surface area contributed by atoms with Crippen LogP contribution in [0.3, 0.4) is 0 Å². The molecule has 9 nitrogen and oxygen atoms in total. The fourth-order valence-electron chi connectivity index (χ4n) is 3.88. The first kappa shape index (κ1) is 24.2. The highest BCUT2D eigenvalue weighted by molar-refractivity contribution is 5.90. The molecule has 33 heavy (non-hydrogen) atoms. The second kappa shape index (κ2) is 11.4. The number of methoxy groups -OCH3 is 3. The van der Waals surface area contributed by atoms with Gasteiger partial charge in [-0.05, 0) is 22.3 Å². The summed E-state index contributed by atoms with van der Waals surface area (Å²) < 4.78 is 20.1. The molecule has 0 unspecified atom stereocenters. The minimum Gasteiger partial charge on any atom is -0.467 e. The number of hydrogen-bond donors (Lipinski definition) is 2. The van der Waals surface area contributed by atoms with Gasteiger partial charge in [0.05, 0.1) is 20.3 Å². The Morgan fingerprint density at radius 1 is 0.818 bits per heavy atom. The van der Waals surface area contributed by atoms with E-state index >= 15 is 0 Å². The van der Waals surface area contributed by atoms with E-state index in [9.17, 15) is 14.4 Å². The van der Waals surface area contributed by atoms with Crippen LogP contribution in [0.15, 0.2) is 48.5 Å². The Bertz CT molecular complexity index is 949. The summed E-state index contributed by atoms with van der Waals surface area (Å²) in [5.74, 6) is -1.40. The van der Waals surface area contributed by atoms with Crippen LogP contribution >= 0.6 is 0 Å². The predicted octanol–water partition coefficient (Wildman–Crippen LogP) is 1.84. The normalized spacial score (nSPS) is 13.9. The van der Waals surface area contributed by atoms with Gasteiger partial charge < -0.3 is 29.6 Å². The van der Waals surface area contributed by atoms with E-state index in [2.05, 4.69) is 15.4 Å². The zero-order valence-electron chi connectivity index (χ0n) is 18.8. The van der Waals surface area contributed by atoms with Gasteiger partial charge in [0, 0.05) is 20.1 Å². The van der Waals surface area contributed by atoms with E-state index in [1.807, 2.05) is 48.5 Å². The molecule has 0 heterocycles. The van der Waals surface area contributed by atoms with Gasteiger partial charge in [-0.25, -0.2) is 9.59 Å². The summed E-state index contributed by atoms with van der Waals surface area (Å²) in [6.07, 6.45) is -0.768. The molecule has 0 aromatic heterocycles. The van der Waals surface area contributed by atoms with Crippen LogP contribution < -0.4 is 10.6 Å². The summed E-state index contributed by atoms with van der Waals surface area (Å²) in [7, 11) is 4.00. The molecule has 0 spiro atoms. The number of amides is 2. The molecule has 2 N–H and O–H groups in total. The highest BCUT2D eigenvalue weighted by Crippen LogP contribution is 2.44. The Hall–Kier alpha value is -3.43. The van der Waals surface area contributed by atoms with E-state index in [-0.39, 0.29) is 25.7 Å². The number of benzene rings is 2. The summed E-state index contributed by atoms with van der Waals surface area (Å²) in [4.78, 5) is 37.0. The first-order valence-electron chi connectivity index (χ1n) is 10.5. The summed E-state index contributed by atoms with van der Waals surface area (Å²) in [6, 6.07) is 13.9. The van der Waals surface area contributed by atoms with Gasteiger partial charge in [0.15, 0.2) is 6.04 Å². The third-order valence-corrected chi connectivity index (χ3v) is 5.42. The zero-order chi connectivity index (χ0) is 23.8. The third kappa shape index (κ3) is 5.68. The minimum absolute atomic E-state index is 0.0803. The fraction of sp³-hybridized carbons (Fsp3) is 0.375. The smallest absolute Gasteiger partial charge is 0.407 e. The summed E-state index contributed by atoms with van der Waals surface area (Å²) in [5.41, 5.74) is 4.40. The second-order valence-electron chi connectivity index (χ2n) is 7.52. The molecule has 0 saturated carbocycles. The maximum atomic E-state index is 12.6. The third-order valence-electron chi connectivity index (χ3n) is 5.42. The highest BCUT2D eigenvalue weighted by Gasteiger charge is 2.31. The Balaban J connectivity index is 1.64. The average molecular weight is 456 g/mol. The number of nitrogens with one attached hydrogen (secondary N) is 2. The SMILES string of the molecule is COC[C@H](NC(=O)[C@@H](COC)NC(=O)OCC1c2ccccc2-c2ccccc21)C(=O)OC. The van der Waals surface area contributed by atoms with Crippen LogP contribution in [0.1, 0.15) is 17.0 Å². The van der Waals surface area contributed by atoms with Gasteiger partial charge in [0.2, 0.25) is 5.91 Å². The van der Waals surface area contributed by atoms with E-state index in [0.29, 0.717) is 0 Å². The van der Waals surface area contributed by atoms with Crippen molar-refractivity contribution in [3.63, 3.8) is 0 Å². The monoisotopic (exact) mass is 456 g/mol. The number of alkyl carbamates (subject to hydrolysis) is 1. The lowest BCUT2D eigenvalue weighted by atomic mass is 9.98. The summed E-state index contributed by atoms with van der Waals surface area (Å²) in [6.45, 7) is -0.0877. The molecule has 2 amide bonds. The number of esters is 1. The van der Waals surface area contributed by atoms with Gasteiger partial charge >= 0.3 is 12.1 Å². The van der Waals surface area contributed by atoms with E-state index in [4.69, 9.17) is 14.2 Å². The van der Waals surface area contributed by atoms with Crippen LogP contribution in [0.5, 0.6) is 0 Å². The largest absolute Gasteiger partial charge is 0.467 e. The van der Waals surface area contributed by atoms with Gasteiger partial charge in [0.1, 0.15) is 12.6 Å². The van der Waals surface area contributed by atoms with Crippen molar-refractivity contribution in [3.8, 4) is 11.1 Å². The minimum atomic E-state index is -1.07. The number of carbonyl (C=O) groups is 3. The topological polar surface area (TPSA) is 112 Å². The van der Waals surface area contributed by atoms with Crippen LogP contribution in [-0.2, 0) is 28.5 Å². The standard InChI is InChI=1S/C24H28N2O7/c1-30-13-20(22(27)25-21(14-31-2)23(28)32-3)26-24(29)33-12-19-17-10-6-4-8-15(17)16-9-5-7-11-18(16)19/h4-11,19-21H,12-14H2,1-3H3,(H,25,27)(H,26,29)/t20-,21+/m1/s1. The highest BCUT2D eigenvalue weighted by atomic mass is 16.6. The molecular formula is C24H28N2O7. The molecule has 176 valence electrons. The Morgan fingerprint density at radius 3 is 1.91 bits per heavy atom. The van der Waals surface area contributed by atoms with E-state index < -0.39 is 30.1 Å². The predicted molar refractivity (Wildman–Crippen MR) is 120 cm³/mol. The van der Waals surface area contributed by atoms with Crippen molar-refractivity contribution in [1.82, 2.24) is 10.6 Å². The van der Waals surface area contributed by atoms with Gasteiger partial charge in [-0.15, -0.1) is 0 Å². The zero-order valence-corrected chi connectivity index (χ0v) is 18.8. The van der Waals surface area contributed by atoms with E-state index in [1.54, 1.807) is 0 Å². The van der Waals surface area contributed by atoms with Gasteiger partial charge in [-0.1, -0.05) is 48.5 Å². The Morgan fingerprint density at radius 2 is 1.36 bits per heavy atom. The van der Waals surface area contributed by atoms with Crippen LogP contribution in [0.4, 0.5) is 4.79 Å². The summed E-state index contributed by atoms with van der Waals surface area (Å²) in [5, 5.41) is 5.00. The van der Waals surface area contributed by atoms with E-state index in [1.165, 1.54) is 21.3 Å². The van der Waals surface area contributed by atoms with Crippen LogP contribution in [-0.4, -0.2) is 71.2 Å². The number of hydrogen-bond acceptors (Lipinski definition) is 7. The number of fused-ring (bicyclic) bond motifs is 3. The second-order valence-corrected chi connectivity index (χ2v) is 7.52. The number of carbonyl (C=O) groups excluding carboxylic acids is 3. The van der Waals surface area contributed by atoms with Crippen LogP contribution in [0.2, 0.25) is 0 Å². The lowest BCUT2D eigenvalue weighted by Gasteiger charge is -2.22. The van der Waals surface area contributed by atoms with Gasteiger partial charge in [0.25, 0.3) is 0 Å². The molecule has 0 bridgehead atoms. The van der Waals surface area contributed by atoms with Crippen LogP contribution in [0, 0.1) is 0 Å². The molecule has 1 aliphatic carbocycles. The van der Waals surface area contributed by atoms with Crippen molar-refractivity contribution in [1.29, 1.82) is 0 Å². The molecule has 0 aliphatic heterocycles. The van der Waals surface area contributed by atoms with Crippen LogP contribution in [0.25, 0.3) is 11.1 Å². The molecule has 0 radical (unpaired) electrons. The quantitative estimate of drug-likeness (QED) is 0.525. The molecule has 0 fully saturated rings. The lowest BCUT2D eigenvalue weighted by Crippen LogP contribution is -2.54. The van der Waals surface area contributed by atoms with Crippen molar-refractivity contribution in [2.75, 3.05) is 41.2 Å². The molecule has 0 saturated heterocycles. The van der Waals surface area contributed by atoms with E-state index in [0.717, 1.165) is 22.3 Å². The molecule has 3 rings (SSSR count). The van der Waals surface area contributed by atoms with Gasteiger partial charge in [-0.2, -0.15) is 0 Å². The molecule has 2 aromatic carbocycles. The molecule has 1 aliphatic rings. The average Bonchev–Trinajstić information content (AvgIpc) is 3.15. The fourth-order valence-corrected chi connectivity index (χ4v) is 3.88. The molecule has 2 aromatic rings. The van der Waals surface area contributed by atoms with Crippen molar-refractivity contribution < 1.29 is 33.3 Å². The first-order chi connectivity index (χ1) is 16.0. The van der Waals surface area contributed by atoms with Gasteiger partial charge in [-0.3, -0.25) is 4.79 Å². The first-order valence-corrected chi connectivity index (χ1v) is 10.5. The Kier molecular flexibility index (Phi) is 8.39. The van der Waals surface area contributed by atoms with Crippen molar-refractivity contribution in [2.24, 2.45) is 0 Å². The maximum absolute atomic E-state index is 12.6. The maximum Gasteiger partial charge on any atom is 0.407 e. The van der Waals surface area contributed by atoms with Crippen molar-refractivity contribution in [2.45, 2.75) is 18.0 Å². The lowest BCUT2D eigenvalue weighted by molar-refractivity contribution is -0.147. The van der Waals surface area contributed by atoms with Crippen molar-refractivity contribution >= 4 is 18.0 Å². The molecule has 9 heteroatoms. The number of rotatable bonds is 10. The number of ether oxygens (including phenoxy) is 4.